The molecular formula is C25H28N4O4S. The molecule has 1 aromatic heterocycles. The summed E-state index contributed by atoms with van der Waals surface area (Å²) < 4.78 is 37.1. The number of anilines is 2. The lowest BCUT2D eigenvalue weighted by molar-refractivity contribution is 0.122. The predicted molar refractivity (Wildman–Crippen MR) is 133 cm³/mol. The van der Waals surface area contributed by atoms with Gasteiger partial charge in [0.15, 0.2) is 11.5 Å². The molecule has 34 heavy (non-hydrogen) atoms. The summed E-state index contributed by atoms with van der Waals surface area (Å²) in [5.41, 5.74) is 2.31. The van der Waals surface area contributed by atoms with Gasteiger partial charge in [0.05, 0.1) is 25.0 Å². The van der Waals surface area contributed by atoms with Gasteiger partial charge in [-0.2, -0.15) is 0 Å². The van der Waals surface area contributed by atoms with Crippen molar-refractivity contribution in [3.8, 4) is 23.8 Å². The Balaban J connectivity index is 1.57. The number of rotatable bonds is 7. The third-order valence-corrected chi connectivity index (χ3v) is 7.53. The first kappa shape index (κ1) is 23.8. The van der Waals surface area contributed by atoms with Gasteiger partial charge >= 0.3 is 0 Å². The van der Waals surface area contributed by atoms with E-state index in [0.29, 0.717) is 22.8 Å². The third kappa shape index (κ3) is 5.24. The van der Waals surface area contributed by atoms with Crippen molar-refractivity contribution in [3.05, 3.63) is 48.3 Å². The summed E-state index contributed by atoms with van der Waals surface area (Å²) in [6.07, 6.45) is 11.2. The highest BCUT2D eigenvalue weighted by Crippen LogP contribution is 2.37. The zero-order valence-corrected chi connectivity index (χ0v) is 20.3. The zero-order chi connectivity index (χ0) is 24.3. The van der Waals surface area contributed by atoms with E-state index in [9.17, 15) is 8.42 Å². The molecule has 2 aromatic carbocycles. The Morgan fingerprint density at radius 2 is 1.88 bits per heavy atom. The minimum Gasteiger partial charge on any atom is -0.493 e. The van der Waals surface area contributed by atoms with Crippen LogP contribution in [0.3, 0.4) is 0 Å². The van der Waals surface area contributed by atoms with Crippen LogP contribution in [0.2, 0.25) is 0 Å². The van der Waals surface area contributed by atoms with E-state index in [1.54, 1.807) is 14.2 Å². The van der Waals surface area contributed by atoms with E-state index in [1.165, 1.54) is 16.9 Å². The van der Waals surface area contributed by atoms with Crippen molar-refractivity contribution in [1.29, 1.82) is 0 Å². The number of fused-ring (bicyclic) bond motifs is 1. The fraction of sp³-hybridized carbons (Fsp3) is 0.360. The van der Waals surface area contributed by atoms with Crippen molar-refractivity contribution in [2.75, 3.05) is 25.7 Å². The Bertz CT molecular complexity index is 1330. The first-order valence-corrected chi connectivity index (χ1v) is 12.9. The van der Waals surface area contributed by atoms with Crippen molar-refractivity contribution in [2.24, 2.45) is 0 Å². The molecule has 1 heterocycles. The molecule has 8 nitrogen and oxygen atoms in total. The molecule has 0 atom stereocenters. The van der Waals surface area contributed by atoms with Crippen molar-refractivity contribution in [3.63, 3.8) is 0 Å². The molecule has 0 aliphatic heterocycles. The highest BCUT2D eigenvalue weighted by molar-refractivity contribution is 7.88. The fourth-order valence-corrected chi connectivity index (χ4v) is 4.97. The van der Waals surface area contributed by atoms with Crippen LogP contribution in [0.4, 0.5) is 11.5 Å². The van der Waals surface area contributed by atoms with E-state index in [1.807, 2.05) is 36.4 Å². The number of hydrogen-bond donors (Lipinski definition) is 1. The summed E-state index contributed by atoms with van der Waals surface area (Å²) in [6.45, 7) is 0. The van der Waals surface area contributed by atoms with Gasteiger partial charge < -0.3 is 14.8 Å². The van der Waals surface area contributed by atoms with Gasteiger partial charge in [0, 0.05) is 35.8 Å². The minimum absolute atomic E-state index is 0.00340. The van der Waals surface area contributed by atoms with Gasteiger partial charge in [0.1, 0.15) is 12.1 Å². The molecule has 178 valence electrons. The summed E-state index contributed by atoms with van der Waals surface area (Å²) in [5.74, 6) is 4.45. The quantitative estimate of drug-likeness (QED) is 0.512. The van der Waals surface area contributed by atoms with Gasteiger partial charge in [-0.25, -0.2) is 22.7 Å². The number of sulfonamides is 1. The number of nitrogens with zero attached hydrogens (tertiary/aromatic N) is 3. The molecule has 0 amide bonds. The van der Waals surface area contributed by atoms with Gasteiger partial charge in [-0.3, -0.25) is 0 Å². The van der Waals surface area contributed by atoms with Gasteiger partial charge in [0.25, 0.3) is 0 Å². The summed E-state index contributed by atoms with van der Waals surface area (Å²) >= 11 is 0. The third-order valence-electron chi connectivity index (χ3n) is 6.19. The molecule has 3 aromatic rings. The van der Waals surface area contributed by atoms with E-state index in [0.717, 1.165) is 42.3 Å². The maximum atomic E-state index is 11.9. The highest BCUT2D eigenvalue weighted by Gasteiger charge is 2.29. The van der Waals surface area contributed by atoms with Crippen LogP contribution in [-0.4, -0.2) is 55.3 Å². The van der Waals surface area contributed by atoms with Crippen LogP contribution >= 0.6 is 0 Å². The number of methoxy groups -OCH3 is 1. The maximum absolute atomic E-state index is 11.9. The van der Waals surface area contributed by atoms with E-state index < -0.39 is 10.0 Å². The molecule has 1 saturated carbocycles. The Morgan fingerprint density at radius 1 is 1.12 bits per heavy atom. The average molecular weight is 481 g/mol. The van der Waals surface area contributed by atoms with Crippen LogP contribution in [-0.2, 0) is 10.0 Å². The predicted octanol–water partition coefficient (Wildman–Crippen LogP) is 3.94. The van der Waals surface area contributed by atoms with Gasteiger partial charge in [-0.05, 0) is 49.9 Å². The maximum Gasteiger partial charge on any atom is 0.211 e. The lowest BCUT2D eigenvalue weighted by Gasteiger charge is -2.33. The standard InChI is InChI=1S/C25H28N4O4S/c1-5-17-7-6-8-18(13-17)28-25-21-14-24(23(32-3)15-22(21)26-16-27-25)33-20-11-9-19(10-12-20)29(2)34(4,30)31/h1,6-8,13-16,19-20H,9-12H2,2-4H3,(H,26,27,28)/t19-,20+. The van der Waals surface area contributed by atoms with Crippen molar-refractivity contribution in [1.82, 2.24) is 14.3 Å². The van der Waals surface area contributed by atoms with E-state index in [4.69, 9.17) is 15.9 Å². The molecule has 0 radical (unpaired) electrons. The van der Waals surface area contributed by atoms with E-state index in [-0.39, 0.29) is 12.1 Å². The second-order valence-electron chi connectivity index (χ2n) is 8.42. The Kier molecular flexibility index (Phi) is 6.91. The smallest absolute Gasteiger partial charge is 0.211 e. The van der Waals surface area contributed by atoms with Gasteiger partial charge in [0.2, 0.25) is 10.0 Å². The first-order valence-electron chi connectivity index (χ1n) is 11.0. The molecule has 9 heteroatoms. The number of benzene rings is 2. The zero-order valence-electron chi connectivity index (χ0n) is 19.5. The summed E-state index contributed by atoms with van der Waals surface area (Å²) in [7, 11) is 0.0270. The number of terminal acetylenes is 1. The topological polar surface area (TPSA) is 93.7 Å². The van der Waals surface area contributed by atoms with Crippen LogP contribution in [0.1, 0.15) is 31.2 Å². The van der Waals surface area contributed by atoms with Crippen LogP contribution in [0, 0.1) is 12.3 Å². The molecule has 0 spiro atoms. The van der Waals surface area contributed by atoms with E-state index in [2.05, 4.69) is 21.2 Å². The average Bonchev–Trinajstić information content (AvgIpc) is 2.83. The monoisotopic (exact) mass is 480 g/mol. The normalized spacial score (nSPS) is 18.4. The van der Waals surface area contributed by atoms with Gasteiger partial charge in [-0.1, -0.05) is 12.0 Å². The van der Waals surface area contributed by atoms with Crippen LogP contribution < -0.4 is 14.8 Å². The molecule has 1 aliphatic carbocycles. The van der Waals surface area contributed by atoms with Gasteiger partial charge in [-0.15, -0.1) is 6.42 Å². The highest BCUT2D eigenvalue weighted by atomic mass is 32.2. The molecule has 0 bridgehead atoms. The SMILES string of the molecule is C#Cc1cccc(Nc2ncnc3cc(OC)c(O[C@H]4CC[C@@H](N(C)S(C)(=O)=O)CC4)cc23)c1. The number of aromatic nitrogens is 2. The second-order valence-corrected chi connectivity index (χ2v) is 10.5. The van der Waals surface area contributed by atoms with Crippen LogP contribution in [0.5, 0.6) is 11.5 Å². The first-order chi connectivity index (χ1) is 16.3. The number of ether oxygens (including phenoxy) is 2. The molecule has 1 N–H and O–H groups in total. The number of hydrogen-bond acceptors (Lipinski definition) is 7. The number of nitrogens with one attached hydrogen (secondary N) is 1. The van der Waals surface area contributed by atoms with Crippen molar-refractivity contribution >= 4 is 32.4 Å². The van der Waals surface area contributed by atoms with Crippen molar-refractivity contribution < 1.29 is 17.9 Å². The van der Waals surface area contributed by atoms with E-state index >= 15 is 0 Å². The summed E-state index contributed by atoms with van der Waals surface area (Å²) in [4.78, 5) is 8.81. The molecule has 0 unspecified atom stereocenters. The summed E-state index contributed by atoms with van der Waals surface area (Å²) in [6, 6.07) is 11.3. The second kappa shape index (κ2) is 9.87. The minimum atomic E-state index is -3.21. The lowest BCUT2D eigenvalue weighted by atomic mass is 9.93. The molecule has 1 aliphatic rings. The Labute approximate surface area is 200 Å². The molecule has 4 rings (SSSR count). The Morgan fingerprint density at radius 3 is 2.56 bits per heavy atom. The largest absolute Gasteiger partial charge is 0.493 e. The fourth-order valence-electron chi connectivity index (χ4n) is 4.22. The molecular weight excluding hydrogens is 452 g/mol. The molecule has 0 saturated heterocycles. The summed E-state index contributed by atoms with van der Waals surface area (Å²) in [5, 5.41) is 4.10. The molecule has 1 fully saturated rings. The van der Waals surface area contributed by atoms with Crippen LogP contribution in [0.15, 0.2) is 42.7 Å². The Hall–Kier alpha value is -3.35. The van der Waals surface area contributed by atoms with Crippen molar-refractivity contribution in [2.45, 2.75) is 37.8 Å². The lowest BCUT2D eigenvalue weighted by Crippen LogP contribution is -2.40. The van der Waals surface area contributed by atoms with Crippen LogP contribution in [0.25, 0.3) is 10.9 Å².